The molecule has 2 aromatic rings. The van der Waals surface area contributed by atoms with Crippen LogP contribution in [0.25, 0.3) is 0 Å². The molecule has 0 aliphatic rings. The molecular weight excluding hydrogens is 422 g/mol. The van der Waals surface area contributed by atoms with Gasteiger partial charge < -0.3 is 5.11 Å². The third-order valence-electron chi connectivity index (χ3n) is 2.54. The van der Waals surface area contributed by atoms with Gasteiger partial charge in [-0.3, -0.25) is 4.79 Å². The minimum absolute atomic E-state index is 0.0565. The Bertz CT molecular complexity index is 728. The Morgan fingerprint density at radius 3 is 2.76 bits per heavy atom. The number of aryl methyl sites for hydroxylation is 2. The summed E-state index contributed by atoms with van der Waals surface area (Å²) in [6.07, 6.45) is 1.38. The average Bonchev–Trinajstić information content (AvgIpc) is 2.74. The first-order valence-electron chi connectivity index (χ1n) is 5.84. The summed E-state index contributed by atoms with van der Waals surface area (Å²) in [5, 5.41) is 14.6. The summed E-state index contributed by atoms with van der Waals surface area (Å²) in [5.74, 6) is -0.260. The number of amides is 1. The van der Waals surface area contributed by atoms with E-state index in [1.54, 1.807) is 19.1 Å². The van der Waals surface area contributed by atoms with E-state index in [-0.39, 0.29) is 11.7 Å². The number of nitrogens with zero attached hydrogens (tertiary/aromatic N) is 2. The SMILES string of the molecule is Cc1nc(C)c(C(=O)N/N=C/c2cc(Br)cc(Br)c2O)s1. The van der Waals surface area contributed by atoms with Crippen molar-refractivity contribution in [2.45, 2.75) is 13.8 Å². The second-order valence-electron chi connectivity index (χ2n) is 4.17. The molecule has 1 aromatic carbocycles. The molecular formula is C13H11Br2N3O2S. The quantitative estimate of drug-likeness (QED) is 0.572. The van der Waals surface area contributed by atoms with Crippen LogP contribution in [0.1, 0.15) is 25.9 Å². The van der Waals surface area contributed by atoms with Gasteiger partial charge in [-0.25, -0.2) is 10.4 Å². The number of nitrogens with one attached hydrogen (secondary N) is 1. The van der Waals surface area contributed by atoms with Gasteiger partial charge >= 0.3 is 0 Å². The minimum atomic E-state index is -0.317. The highest BCUT2D eigenvalue weighted by atomic mass is 79.9. The van der Waals surface area contributed by atoms with Crippen LogP contribution in [0.5, 0.6) is 5.75 Å². The molecule has 5 nitrogen and oxygen atoms in total. The second-order valence-corrected chi connectivity index (χ2v) is 7.15. The first-order valence-corrected chi connectivity index (χ1v) is 8.24. The average molecular weight is 433 g/mol. The summed E-state index contributed by atoms with van der Waals surface area (Å²) in [7, 11) is 0. The van der Waals surface area contributed by atoms with E-state index in [0.717, 1.165) is 9.48 Å². The summed E-state index contributed by atoms with van der Waals surface area (Å²) in [6.45, 7) is 3.62. The predicted molar refractivity (Wildman–Crippen MR) is 90.2 cm³/mol. The molecule has 110 valence electrons. The zero-order valence-corrected chi connectivity index (χ0v) is 15.1. The third-order valence-corrected chi connectivity index (χ3v) is 4.67. The van der Waals surface area contributed by atoms with Crippen LogP contribution in [0.3, 0.4) is 0 Å². The molecule has 0 aliphatic carbocycles. The number of aromatic hydroxyl groups is 1. The number of carbonyl (C=O) groups is 1. The zero-order valence-electron chi connectivity index (χ0n) is 11.1. The van der Waals surface area contributed by atoms with Crippen LogP contribution in [-0.2, 0) is 0 Å². The first kappa shape index (κ1) is 16.1. The fraction of sp³-hybridized carbons (Fsp3) is 0.154. The van der Waals surface area contributed by atoms with Gasteiger partial charge in [-0.2, -0.15) is 5.10 Å². The summed E-state index contributed by atoms with van der Waals surface area (Å²) < 4.78 is 1.33. The Balaban J connectivity index is 2.13. The van der Waals surface area contributed by atoms with Crippen molar-refractivity contribution < 1.29 is 9.90 Å². The van der Waals surface area contributed by atoms with E-state index in [0.29, 0.717) is 20.6 Å². The van der Waals surface area contributed by atoms with Gasteiger partial charge in [-0.15, -0.1) is 11.3 Å². The number of aromatic nitrogens is 1. The van der Waals surface area contributed by atoms with Crippen molar-refractivity contribution in [1.29, 1.82) is 0 Å². The molecule has 0 spiro atoms. The number of carbonyl (C=O) groups excluding carboxylic acids is 1. The van der Waals surface area contributed by atoms with Crippen molar-refractivity contribution in [2.24, 2.45) is 5.10 Å². The van der Waals surface area contributed by atoms with Crippen LogP contribution in [0.15, 0.2) is 26.2 Å². The molecule has 1 amide bonds. The zero-order chi connectivity index (χ0) is 15.6. The van der Waals surface area contributed by atoms with Crippen LogP contribution in [-0.4, -0.2) is 22.2 Å². The van der Waals surface area contributed by atoms with Gasteiger partial charge in [0.1, 0.15) is 10.6 Å². The molecule has 1 heterocycles. The minimum Gasteiger partial charge on any atom is -0.506 e. The first-order chi connectivity index (χ1) is 9.88. The summed E-state index contributed by atoms with van der Waals surface area (Å²) >= 11 is 7.87. The molecule has 0 saturated heterocycles. The van der Waals surface area contributed by atoms with Gasteiger partial charge in [-0.1, -0.05) is 15.9 Å². The number of rotatable bonds is 3. The smallest absolute Gasteiger partial charge is 0.283 e. The van der Waals surface area contributed by atoms with Crippen LogP contribution in [0, 0.1) is 13.8 Å². The summed E-state index contributed by atoms with van der Waals surface area (Å²) in [5.41, 5.74) is 3.59. The standard InChI is InChI=1S/C13H11Br2N3O2S/c1-6-12(21-7(2)17-6)13(20)18-16-5-8-3-9(14)4-10(15)11(8)19/h3-5,19H,1-2H3,(H,18,20)/b16-5+. The van der Waals surface area contributed by atoms with Crippen LogP contribution in [0.4, 0.5) is 0 Å². The van der Waals surface area contributed by atoms with E-state index < -0.39 is 0 Å². The van der Waals surface area contributed by atoms with Gasteiger partial charge in [0.15, 0.2) is 0 Å². The molecule has 0 fully saturated rings. The van der Waals surface area contributed by atoms with Gasteiger partial charge in [0.05, 0.1) is 21.4 Å². The second kappa shape index (κ2) is 6.67. The highest BCUT2D eigenvalue weighted by molar-refractivity contribution is 9.11. The van der Waals surface area contributed by atoms with Crippen LogP contribution in [0.2, 0.25) is 0 Å². The Labute approximate surface area is 142 Å². The molecule has 2 rings (SSSR count). The maximum atomic E-state index is 12.0. The normalized spacial score (nSPS) is 11.0. The topological polar surface area (TPSA) is 74.6 Å². The van der Waals surface area contributed by atoms with E-state index in [1.165, 1.54) is 17.6 Å². The van der Waals surface area contributed by atoms with Crippen LogP contribution < -0.4 is 5.43 Å². The molecule has 0 unspecified atom stereocenters. The Morgan fingerprint density at radius 2 is 2.14 bits per heavy atom. The molecule has 2 N–H and O–H groups in total. The molecule has 0 bridgehead atoms. The number of benzene rings is 1. The van der Waals surface area contributed by atoms with Crippen molar-refractivity contribution in [3.63, 3.8) is 0 Å². The Hall–Kier alpha value is -1.25. The molecule has 8 heteroatoms. The third kappa shape index (κ3) is 3.90. The number of hydrogen-bond donors (Lipinski definition) is 2. The molecule has 0 atom stereocenters. The maximum absolute atomic E-state index is 12.0. The largest absolute Gasteiger partial charge is 0.506 e. The monoisotopic (exact) mass is 431 g/mol. The number of thiazole rings is 1. The predicted octanol–water partition coefficient (Wildman–Crippen LogP) is 3.75. The lowest BCUT2D eigenvalue weighted by atomic mass is 10.2. The van der Waals surface area contributed by atoms with E-state index in [4.69, 9.17) is 0 Å². The molecule has 21 heavy (non-hydrogen) atoms. The molecule has 0 saturated carbocycles. The fourth-order valence-corrected chi connectivity index (χ4v) is 3.71. The maximum Gasteiger partial charge on any atom is 0.283 e. The van der Waals surface area contributed by atoms with E-state index in [9.17, 15) is 9.90 Å². The van der Waals surface area contributed by atoms with Gasteiger partial charge in [0.25, 0.3) is 5.91 Å². The highest BCUT2D eigenvalue weighted by Crippen LogP contribution is 2.30. The molecule has 0 aliphatic heterocycles. The molecule has 0 radical (unpaired) electrons. The van der Waals surface area contributed by atoms with Crippen molar-refractivity contribution in [1.82, 2.24) is 10.4 Å². The van der Waals surface area contributed by atoms with Crippen molar-refractivity contribution in [3.8, 4) is 5.75 Å². The Morgan fingerprint density at radius 1 is 1.43 bits per heavy atom. The fourth-order valence-electron chi connectivity index (χ4n) is 1.64. The van der Waals surface area contributed by atoms with E-state index in [1.807, 2.05) is 6.92 Å². The lowest BCUT2D eigenvalue weighted by molar-refractivity contribution is 0.0958. The Kier molecular flexibility index (Phi) is 5.13. The summed E-state index contributed by atoms with van der Waals surface area (Å²) in [4.78, 5) is 16.7. The highest BCUT2D eigenvalue weighted by Gasteiger charge is 2.13. The lowest BCUT2D eigenvalue weighted by Crippen LogP contribution is -2.17. The van der Waals surface area contributed by atoms with Crippen LogP contribution >= 0.6 is 43.2 Å². The number of phenolic OH excluding ortho intramolecular Hbond substituents is 1. The number of halogens is 2. The van der Waals surface area contributed by atoms with Gasteiger partial charge in [0.2, 0.25) is 0 Å². The number of hydrazone groups is 1. The van der Waals surface area contributed by atoms with E-state index >= 15 is 0 Å². The van der Waals surface area contributed by atoms with Crippen molar-refractivity contribution in [2.75, 3.05) is 0 Å². The van der Waals surface area contributed by atoms with Crippen molar-refractivity contribution in [3.05, 3.63) is 42.2 Å². The van der Waals surface area contributed by atoms with Crippen molar-refractivity contribution >= 4 is 55.3 Å². The molecule has 1 aromatic heterocycles. The number of hydrogen-bond acceptors (Lipinski definition) is 5. The van der Waals surface area contributed by atoms with Gasteiger partial charge in [0, 0.05) is 10.0 Å². The lowest BCUT2D eigenvalue weighted by Gasteiger charge is -2.03. The van der Waals surface area contributed by atoms with Gasteiger partial charge in [-0.05, 0) is 41.9 Å². The summed E-state index contributed by atoms with van der Waals surface area (Å²) in [6, 6.07) is 3.41. The van der Waals surface area contributed by atoms with E-state index in [2.05, 4.69) is 47.4 Å². The number of phenols is 1.